The van der Waals surface area contributed by atoms with Gasteiger partial charge in [-0.2, -0.15) is 13.2 Å². The van der Waals surface area contributed by atoms with E-state index in [0.717, 1.165) is 0 Å². The number of aliphatic imine (C=N–C) groups is 1. The molecule has 4 aromatic carbocycles. The minimum Gasteiger partial charge on any atom is -0.459 e. The zero-order valence-electron chi connectivity index (χ0n) is 29.6. The van der Waals surface area contributed by atoms with Gasteiger partial charge in [-0.05, 0) is 35.1 Å². The Morgan fingerprint density at radius 1 is 0.600 bits per heavy atom. The molecule has 16 heteroatoms. The van der Waals surface area contributed by atoms with Crippen molar-refractivity contribution in [1.29, 1.82) is 0 Å². The predicted octanol–water partition coefficient (Wildman–Crippen LogP) is 6.79. The quantitative estimate of drug-likeness (QED) is 0.0296. The van der Waals surface area contributed by atoms with E-state index < -0.39 is 49.0 Å². The van der Waals surface area contributed by atoms with E-state index in [4.69, 9.17) is 18.9 Å². The highest BCUT2D eigenvalue weighted by atomic mass is 19.4. The average Bonchev–Trinajstić information content (AvgIpc) is 3.19. The number of alkyl halides is 3. The van der Waals surface area contributed by atoms with Crippen molar-refractivity contribution in [2.45, 2.75) is 51.5 Å². The number of carbonyl (C=O) groups excluding carboxylic acids is 4. The molecule has 55 heavy (non-hydrogen) atoms. The lowest BCUT2D eigenvalue weighted by Crippen LogP contribution is -2.56. The third kappa shape index (κ3) is 16.3. The fourth-order valence-electron chi connectivity index (χ4n) is 4.72. The van der Waals surface area contributed by atoms with Crippen molar-refractivity contribution < 1.29 is 51.3 Å². The predicted molar refractivity (Wildman–Crippen MR) is 194 cm³/mol. The number of amides is 3. The molecule has 0 spiro atoms. The second-order valence-corrected chi connectivity index (χ2v) is 11.8. The summed E-state index contributed by atoms with van der Waals surface area (Å²) < 4.78 is 62.4. The Morgan fingerprint density at radius 3 is 1.47 bits per heavy atom. The summed E-state index contributed by atoms with van der Waals surface area (Å²) >= 11 is 0. The first-order valence-electron chi connectivity index (χ1n) is 17.1. The molecule has 0 fully saturated rings. The third-order valence-corrected chi connectivity index (χ3v) is 7.38. The topological polar surface area (TPSA) is 157 Å². The number of ether oxygens (including phenoxy) is 4. The highest BCUT2D eigenvalue weighted by Crippen LogP contribution is 2.16. The maximum absolute atomic E-state index is 13.8. The van der Waals surface area contributed by atoms with Gasteiger partial charge in [-0.25, -0.2) is 29.6 Å². The Morgan fingerprint density at radius 2 is 1.02 bits per heavy atom. The van der Waals surface area contributed by atoms with E-state index in [9.17, 15) is 32.3 Å². The summed E-state index contributed by atoms with van der Waals surface area (Å²) in [6, 6.07) is 33.4. The molecule has 0 saturated carbocycles. The first kappa shape index (κ1) is 41.2. The van der Waals surface area contributed by atoms with E-state index in [2.05, 4.69) is 15.6 Å². The van der Waals surface area contributed by atoms with Crippen LogP contribution in [0, 0.1) is 0 Å². The number of nitrogens with zero attached hydrogens (tertiary/aromatic N) is 2. The molecule has 0 radical (unpaired) electrons. The monoisotopic (exact) mass is 763 g/mol. The lowest BCUT2D eigenvalue weighted by atomic mass is 10.1. The Labute approximate surface area is 315 Å². The average molecular weight is 764 g/mol. The van der Waals surface area contributed by atoms with Crippen LogP contribution in [0.4, 0.5) is 27.6 Å². The van der Waals surface area contributed by atoms with Gasteiger partial charge in [0.1, 0.15) is 39.0 Å². The first-order valence-corrected chi connectivity index (χ1v) is 17.1. The summed E-state index contributed by atoms with van der Waals surface area (Å²) in [4.78, 5) is 55.4. The maximum Gasteiger partial charge on any atom is 0.426 e. The number of nitrogens with one attached hydrogen (secondary N) is 3. The van der Waals surface area contributed by atoms with E-state index in [-0.39, 0.29) is 50.8 Å². The van der Waals surface area contributed by atoms with Crippen molar-refractivity contribution in [2.24, 2.45) is 4.99 Å². The van der Waals surface area contributed by atoms with E-state index in [1.807, 2.05) is 5.43 Å². The smallest absolute Gasteiger partial charge is 0.426 e. The van der Waals surface area contributed by atoms with Gasteiger partial charge in [0.05, 0.1) is 0 Å². The molecule has 13 nitrogen and oxygen atoms in total. The molecule has 290 valence electrons. The molecule has 1 atom stereocenters. The fourth-order valence-corrected chi connectivity index (χ4v) is 4.72. The van der Waals surface area contributed by atoms with Crippen LogP contribution in [-0.4, -0.2) is 60.5 Å². The molecule has 0 bridgehead atoms. The number of carbonyl (C=O) groups is 4. The van der Waals surface area contributed by atoms with Gasteiger partial charge in [0.2, 0.25) is 5.96 Å². The van der Waals surface area contributed by atoms with Crippen LogP contribution in [0.5, 0.6) is 0 Å². The van der Waals surface area contributed by atoms with Gasteiger partial charge in [-0.15, -0.1) is 0 Å². The normalized spacial score (nSPS) is 11.7. The molecule has 0 saturated heterocycles. The zero-order chi connectivity index (χ0) is 39.3. The van der Waals surface area contributed by atoms with Crippen LogP contribution in [0.1, 0.15) is 35.1 Å². The number of esters is 1. The molecule has 4 aromatic rings. The van der Waals surface area contributed by atoms with Crippen molar-refractivity contribution in [2.75, 3.05) is 13.1 Å². The maximum atomic E-state index is 13.8. The Kier molecular flexibility index (Phi) is 16.3. The van der Waals surface area contributed by atoms with Crippen LogP contribution in [0.3, 0.4) is 0 Å². The number of guanidine groups is 1. The largest absolute Gasteiger partial charge is 0.459 e. The van der Waals surface area contributed by atoms with Gasteiger partial charge in [0.15, 0.2) is 0 Å². The molecule has 3 N–H and O–H groups in total. The molecule has 0 aliphatic carbocycles. The first-order chi connectivity index (χ1) is 26.5. The van der Waals surface area contributed by atoms with Crippen LogP contribution in [-0.2, 0) is 50.2 Å². The van der Waals surface area contributed by atoms with Gasteiger partial charge in [-0.1, -0.05) is 121 Å². The molecule has 0 aliphatic heterocycles. The minimum atomic E-state index is -4.89. The van der Waals surface area contributed by atoms with Gasteiger partial charge < -0.3 is 24.3 Å². The van der Waals surface area contributed by atoms with Crippen LogP contribution in [0.15, 0.2) is 126 Å². The standard InChI is InChI=1S/C39H40F3N5O8/c40-39(41,42)28-47(46-38(51)55-27-32-20-11-4-12-21-32)35(45-37(50)54-26-31-18-9-3-10-19-31)43-23-13-22-33(34(48)52-24-29-14-5-1-6-15-29)44-36(49)53-25-30-16-7-2-8-17-30/h1-12,14-21,33H,13,22-28H2,(H,44,49)(H,46,51)(H,43,45,50)/t33-/m0/s1. The molecule has 0 aromatic heterocycles. The van der Waals surface area contributed by atoms with Gasteiger partial charge in [0.25, 0.3) is 0 Å². The molecule has 4 rings (SSSR count). The van der Waals surface area contributed by atoms with E-state index in [0.29, 0.717) is 22.3 Å². The third-order valence-electron chi connectivity index (χ3n) is 7.38. The van der Waals surface area contributed by atoms with Crippen LogP contribution in [0.25, 0.3) is 0 Å². The molecule has 0 unspecified atom stereocenters. The van der Waals surface area contributed by atoms with E-state index in [1.165, 1.54) is 0 Å². The number of rotatable bonds is 15. The highest BCUT2D eigenvalue weighted by molar-refractivity contribution is 5.94. The SMILES string of the molecule is O=C(NC(=NCCC[C@H](NC(=O)OCc1ccccc1)C(=O)OCc1ccccc1)N(CC(F)(F)F)NC(=O)OCc1ccccc1)OCc1ccccc1. The molecular formula is C39H40F3N5O8. The Bertz CT molecular complexity index is 1820. The summed E-state index contributed by atoms with van der Waals surface area (Å²) in [5.41, 5.74) is 4.56. The van der Waals surface area contributed by atoms with Crippen molar-refractivity contribution in [3.8, 4) is 0 Å². The van der Waals surface area contributed by atoms with Crippen LogP contribution < -0.4 is 16.1 Å². The molecule has 0 heterocycles. The number of hydrogen-bond acceptors (Lipinski definition) is 9. The van der Waals surface area contributed by atoms with Crippen molar-refractivity contribution in [1.82, 2.24) is 21.1 Å². The summed E-state index contributed by atoms with van der Waals surface area (Å²) in [6.07, 6.45) is -8.35. The van der Waals surface area contributed by atoms with Gasteiger partial charge in [-0.3, -0.25) is 10.3 Å². The molecule has 3 amide bonds. The van der Waals surface area contributed by atoms with Gasteiger partial charge in [0, 0.05) is 6.54 Å². The number of alkyl carbamates (subject to hydrolysis) is 2. The fraction of sp³-hybridized carbons (Fsp3) is 0.256. The van der Waals surface area contributed by atoms with Crippen molar-refractivity contribution in [3.63, 3.8) is 0 Å². The van der Waals surface area contributed by atoms with E-state index in [1.54, 1.807) is 121 Å². The van der Waals surface area contributed by atoms with Crippen LogP contribution >= 0.6 is 0 Å². The summed E-state index contributed by atoms with van der Waals surface area (Å²) in [7, 11) is 0. The zero-order valence-corrected chi connectivity index (χ0v) is 29.6. The highest BCUT2D eigenvalue weighted by Gasteiger charge is 2.34. The lowest BCUT2D eigenvalue weighted by molar-refractivity contribution is -0.147. The van der Waals surface area contributed by atoms with Crippen molar-refractivity contribution in [3.05, 3.63) is 144 Å². The Balaban J connectivity index is 1.47. The summed E-state index contributed by atoms with van der Waals surface area (Å²) in [5, 5.41) is 4.91. The number of halogens is 3. The Hall–Kier alpha value is -6.58. The van der Waals surface area contributed by atoms with Gasteiger partial charge >= 0.3 is 30.4 Å². The molecule has 0 aliphatic rings. The second-order valence-electron chi connectivity index (χ2n) is 11.8. The number of hydrogen-bond donors (Lipinski definition) is 3. The summed E-state index contributed by atoms with van der Waals surface area (Å²) in [5.74, 6) is -1.53. The van der Waals surface area contributed by atoms with Crippen molar-refractivity contribution >= 4 is 30.2 Å². The van der Waals surface area contributed by atoms with Crippen LogP contribution in [0.2, 0.25) is 0 Å². The second kappa shape index (κ2) is 21.8. The van der Waals surface area contributed by atoms with E-state index >= 15 is 0 Å². The molecular weight excluding hydrogens is 723 g/mol. The summed E-state index contributed by atoms with van der Waals surface area (Å²) in [6.45, 7) is -2.72. The lowest BCUT2D eigenvalue weighted by Gasteiger charge is -2.27. The number of benzene rings is 4. The number of hydrazine groups is 1. The minimum absolute atomic E-state index is 0.0212.